The molecule has 0 aliphatic heterocycles. The first-order chi connectivity index (χ1) is 10.3. The Morgan fingerprint density at radius 2 is 2.14 bits per heavy atom. The lowest BCUT2D eigenvalue weighted by atomic mass is 10.2. The molecule has 106 valence electrons. The van der Waals surface area contributed by atoms with Crippen LogP contribution in [0.2, 0.25) is 0 Å². The van der Waals surface area contributed by atoms with Crippen LogP contribution in [-0.4, -0.2) is 11.2 Å². The summed E-state index contributed by atoms with van der Waals surface area (Å²) in [6.45, 7) is 0.215. The van der Waals surface area contributed by atoms with Gasteiger partial charge in [0.15, 0.2) is 6.61 Å². The first kappa shape index (κ1) is 13.5. The fourth-order valence-electron chi connectivity index (χ4n) is 1.66. The minimum Gasteiger partial charge on any atom is -0.444 e. The van der Waals surface area contributed by atoms with Gasteiger partial charge in [0.05, 0.1) is 6.21 Å². The van der Waals surface area contributed by atoms with Gasteiger partial charge in [-0.1, -0.05) is 11.2 Å². The van der Waals surface area contributed by atoms with E-state index in [0.717, 1.165) is 4.88 Å². The van der Waals surface area contributed by atoms with Gasteiger partial charge in [-0.05, 0) is 35.7 Å². The molecule has 4 nitrogen and oxygen atoms in total. The molecular weight excluding hydrogens is 291 g/mol. The molecule has 0 bridgehead atoms. The summed E-state index contributed by atoms with van der Waals surface area (Å²) in [6, 6.07) is 9.84. The Morgan fingerprint density at radius 3 is 2.90 bits per heavy atom. The summed E-state index contributed by atoms with van der Waals surface area (Å²) in [5.74, 6) is 0.132. The summed E-state index contributed by atoms with van der Waals surface area (Å²) >= 11 is 1.58. The highest BCUT2D eigenvalue weighted by molar-refractivity contribution is 7.11. The maximum atomic E-state index is 12.8. The predicted octanol–water partition coefficient (Wildman–Crippen LogP) is 4.09. The van der Waals surface area contributed by atoms with Crippen LogP contribution in [0.15, 0.2) is 57.6 Å². The summed E-state index contributed by atoms with van der Waals surface area (Å²) in [4.78, 5) is 10.4. The lowest BCUT2D eigenvalue weighted by molar-refractivity contribution is 0.129. The monoisotopic (exact) mass is 302 g/mol. The van der Waals surface area contributed by atoms with Crippen LogP contribution in [0.1, 0.15) is 10.6 Å². The summed E-state index contributed by atoms with van der Waals surface area (Å²) in [7, 11) is 0. The van der Waals surface area contributed by atoms with Crippen LogP contribution in [0.4, 0.5) is 4.39 Å². The highest BCUT2D eigenvalue weighted by atomic mass is 32.1. The zero-order chi connectivity index (χ0) is 14.5. The number of thiophene rings is 1. The van der Waals surface area contributed by atoms with Gasteiger partial charge in [0.2, 0.25) is 5.89 Å². The van der Waals surface area contributed by atoms with Crippen molar-refractivity contribution in [2.24, 2.45) is 5.16 Å². The number of oxazole rings is 1. The van der Waals surface area contributed by atoms with Crippen molar-refractivity contribution in [3.05, 3.63) is 64.4 Å². The van der Waals surface area contributed by atoms with E-state index in [1.807, 2.05) is 17.5 Å². The van der Waals surface area contributed by atoms with Crippen molar-refractivity contribution in [1.82, 2.24) is 4.98 Å². The number of nitrogens with zero attached hydrogens (tertiary/aromatic N) is 2. The minimum atomic E-state index is -0.295. The van der Waals surface area contributed by atoms with Crippen molar-refractivity contribution in [1.29, 1.82) is 0 Å². The maximum absolute atomic E-state index is 12.8. The zero-order valence-electron chi connectivity index (χ0n) is 10.9. The third-order valence-electron chi connectivity index (χ3n) is 2.65. The van der Waals surface area contributed by atoms with E-state index >= 15 is 0 Å². The highest BCUT2D eigenvalue weighted by Gasteiger charge is 2.07. The van der Waals surface area contributed by atoms with Gasteiger partial charge in [-0.2, -0.15) is 0 Å². The van der Waals surface area contributed by atoms with E-state index in [4.69, 9.17) is 9.25 Å². The Kier molecular flexibility index (Phi) is 4.07. The average Bonchev–Trinajstić information content (AvgIpc) is 3.16. The van der Waals surface area contributed by atoms with Gasteiger partial charge in [0.1, 0.15) is 17.8 Å². The molecule has 0 saturated heterocycles. The number of oxime groups is 1. The van der Waals surface area contributed by atoms with Crippen LogP contribution >= 0.6 is 11.3 Å². The number of halogens is 1. The van der Waals surface area contributed by atoms with Crippen LogP contribution < -0.4 is 0 Å². The summed E-state index contributed by atoms with van der Waals surface area (Å²) in [5, 5.41) is 5.82. The van der Waals surface area contributed by atoms with Gasteiger partial charge in [-0.3, -0.25) is 0 Å². The van der Waals surface area contributed by atoms with Gasteiger partial charge in [0.25, 0.3) is 0 Å². The van der Waals surface area contributed by atoms with E-state index in [2.05, 4.69) is 10.1 Å². The van der Waals surface area contributed by atoms with Crippen molar-refractivity contribution in [3.63, 3.8) is 0 Å². The topological polar surface area (TPSA) is 47.6 Å². The number of rotatable bonds is 5. The SMILES string of the molecule is Fc1ccc(-c2nc(CO/N=C/c3cccs3)co2)cc1. The van der Waals surface area contributed by atoms with Crippen LogP contribution in [0.3, 0.4) is 0 Å². The molecule has 0 radical (unpaired) electrons. The molecule has 21 heavy (non-hydrogen) atoms. The Morgan fingerprint density at radius 1 is 1.29 bits per heavy atom. The lowest BCUT2D eigenvalue weighted by Crippen LogP contribution is -1.88. The van der Waals surface area contributed by atoms with Gasteiger partial charge in [-0.15, -0.1) is 11.3 Å². The van der Waals surface area contributed by atoms with Crippen molar-refractivity contribution in [2.45, 2.75) is 6.61 Å². The first-order valence-corrected chi connectivity index (χ1v) is 7.08. The Hall–Kier alpha value is -2.47. The molecule has 6 heteroatoms. The lowest BCUT2D eigenvalue weighted by Gasteiger charge is -1.94. The first-order valence-electron chi connectivity index (χ1n) is 6.20. The predicted molar refractivity (Wildman–Crippen MR) is 78.6 cm³/mol. The van der Waals surface area contributed by atoms with Gasteiger partial charge < -0.3 is 9.25 Å². The van der Waals surface area contributed by atoms with E-state index in [0.29, 0.717) is 17.1 Å². The van der Waals surface area contributed by atoms with E-state index in [9.17, 15) is 4.39 Å². The van der Waals surface area contributed by atoms with Gasteiger partial charge in [-0.25, -0.2) is 9.37 Å². The van der Waals surface area contributed by atoms with Gasteiger partial charge in [0, 0.05) is 10.4 Å². The molecule has 2 aromatic heterocycles. The van der Waals surface area contributed by atoms with E-state index in [-0.39, 0.29) is 12.4 Å². The fourth-order valence-corrected chi connectivity index (χ4v) is 2.23. The van der Waals surface area contributed by atoms with Crippen LogP contribution in [0.5, 0.6) is 0 Å². The molecule has 0 unspecified atom stereocenters. The second-order valence-corrected chi connectivity index (χ2v) is 5.15. The zero-order valence-corrected chi connectivity index (χ0v) is 11.7. The second kappa shape index (κ2) is 6.32. The molecule has 0 aliphatic carbocycles. The molecule has 3 aromatic rings. The van der Waals surface area contributed by atoms with Crippen molar-refractivity contribution < 1.29 is 13.6 Å². The molecule has 0 amide bonds. The molecule has 1 aromatic carbocycles. The van der Waals surface area contributed by atoms with E-state index in [1.165, 1.54) is 18.4 Å². The number of aromatic nitrogens is 1. The van der Waals surface area contributed by atoms with Crippen molar-refractivity contribution in [3.8, 4) is 11.5 Å². The second-order valence-electron chi connectivity index (χ2n) is 4.17. The number of hydrogen-bond donors (Lipinski definition) is 0. The number of hydrogen-bond acceptors (Lipinski definition) is 5. The largest absolute Gasteiger partial charge is 0.444 e. The quantitative estimate of drug-likeness (QED) is 0.527. The smallest absolute Gasteiger partial charge is 0.226 e. The maximum Gasteiger partial charge on any atom is 0.226 e. The highest BCUT2D eigenvalue weighted by Crippen LogP contribution is 2.19. The van der Waals surface area contributed by atoms with Crippen molar-refractivity contribution >= 4 is 17.6 Å². The van der Waals surface area contributed by atoms with Gasteiger partial charge >= 0.3 is 0 Å². The third kappa shape index (κ3) is 3.55. The molecule has 0 spiro atoms. The summed E-state index contributed by atoms with van der Waals surface area (Å²) in [5.41, 5.74) is 1.34. The molecule has 3 rings (SSSR count). The number of benzene rings is 1. The minimum absolute atomic E-state index is 0.215. The molecule has 0 N–H and O–H groups in total. The van der Waals surface area contributed by atoms with E-state index < -0.39 is 0 Å². The molecule has 2 heterocycles. The van der Waals surface area contributed by atoms with Crippen molar-refractivity contribution in [2.75, 3.05) is 0 Å². The normalized spacial score (nSPS) is 11.1. The Labute approximate surface area is 124 Å². The van der Waals surface area contributed by atoms with Crippen LogP contribution in [0.25, 0.3) is 11.5 Å². The Balaban J connectivity index is 1.59. The third-order valence-corrected chi connectivity index (χ3v) is 3.46. The Bertz CT molecular complexity index is 720. The standard InChI is InChI=1S/C15H11FN2O2S/c16-12-5-3-11(4-6-12)15-18-13(9-19-15)10-20-17-8-14-2-1-7-21-14/h1-9H,10H2/b17-8+. The average molecular weight is 302 g/mol. The molecule has 0 fully saturated rings. The van der Waals surface area contributed by atoms with Crippen LogP contribution in [-0.2, 0) is 11.4 Å². The fraction of sp³-hybridized carbons (Fsp3) is 0.0667. The molecule has 0 saturated carbocycles. The van der Waals surface area contributed by atoms with Crippen LogP contribution in [0, 0.1) is 5.82 Å². The molecular formula is C15H11FN2O2S. The summed E-state index contributed by atoms with van der Waals surface area (Å²) in [6.07, 6.45) is 3.14. The molecule has 0 atom stereocenters. The van der Waals surface area contributed by atoms with E-state index in [1.54, 1.807) is 29.7 Å². The summed E-state index contributed by atoms with van der Waals surface area (Å²) < 4.78 is 18.2. The molecule has 0 aliphatic rings.